The van der Waals surface area contributed by atoms with Crippen LogP contribution in [0.1, 0.15) is 10.4 Å². The van der Waals surface area contributed by atoms with Crippen molar-refractivity contribution in [1.29, 1.82) is 0 Å². The Morgan fingerprint density at radius 3 is 3.00 bits per heavy atom. The standard InChI is InChI=1S/C14H15N3O2/c18-13(8-17-6-5-15-14(19)9-17)11-7-16-12-4-2-1-3-10(11)12/h1-4,7,16H,5-6,8-9H2,(H,15,19). The minimum Gasteiger partial charge on any atom is -0.360 e. The van der Waals surface area contributed by atoms with E-state index in [-0.39, 0.29) is 18.2 Å². The molecule has 1 aliphatic rings. The molecule has 0 saturated carbocycles. The van der Waals surface area contributed by atoms with Crippen LogP contribution in [-0.4, -0.2) is 47.8 Å². The number of ketones is 1. The Morgan fingerprint density at radius 2 is 2.16 bits per heavy atom. The Kier molecular flexibility index (Phi) is 3.05. The molecule has 2 heterocycles. The first-order chi connectivity index (χ1) is 9.24. The highest BCUT2D eigenvalue weighted by Crippen LogP contribution is 2.18. The molecular weight excluding hydrogens is 242 g/mol. The number of carbonyl (C=O) groups excluding carboxylic acids is 2. The molecule has 3 rings (SSSR count). The van der Waals surface area contributed by atoms with Crippen LogP contribution in [-0.2, 0) is 4.79 Å². The van der Waals surface area contributed by atoms with Crippen molar-refractivity contribution in [2.75, 3.05) is 26.2 Å². The molecule has 0 radical (unpaired) electrons. The fourth-order valence-electron chi connectivity index (χ4n) is 2.42. The molecule has 98 valence electrons. The maximum Gasteiger partial charge on any atom is 0.234 e. The number of para-hydroxylation sites is 1. The first-order valence-corrected chi connectivity index (χ1v) is 6.32. The van der Waals surface area contributed by atoms with Gasteiger partial charge < -0.3 is 10.3 Å². The lowest BCUT2D eigenvalue weighted by molar-refractivity contribution is -0.123. The smallest absolute Gasteiger partial charge is 0.234 e. The number of hydrogen-bond acceptors (Lipinski definition) is 3. The Labute approximate surface area is 110 Å². The van der Waals surface area contributed by atoms with Gasteiger partial charge in [-0.3, -0.25) is 14.5 Å². The molecule has 1 aliphatic heterocycles. The summed E-state index contributed by atoms with van der Waals surface area (Å²) in [5.41, 5.74) is 1.66. The third kappa shape index (κ3) is 2.37. The van der Waals surface area contributed by atoms with Gasteiger partial charge in [0.2, 0.25) is 5.91 Å². The number of nitrogens with zero attached hydrogens (tertiary/aromatic N) is 1. The predicted octanol–water partition coefficient (Wildman–Crippen LogP) is 0.782. The largest absolute Gasteiger partial charge is 0.360 e. The maximum atomic E-state index is 12.3. The molecule has 0 spiro atoms. The number of Topliss-reactive ketones (excluding diaryl/α,β-unsaturated/α-hetero) is 1. The average Bonchev–Trinajstić information content (AvgIpc) is 2.82. The summed E-state index contributed by atoms with van der Waals surface area (Å²) in [5, 5.41) is 3.69. The lowest BCUT2D eigenvalue weighted by atomic mass is 10.1. The molecule has 1 fully saturated rings. The second kappa shape index (κ2) is 4.85. The van der Waals surface area contributed by atoms with E-state index in [1.807, 2.05) is 29.2 Å². The number of hydrogen-bond donors (Lipinski definition) is 2. The lowest BCUT2D eigenvalue weighted by Crippen LogP contribution is -2.49. The summed E-state index contributed by atoms with van der Waals surface area (Å²) < 4.78 is 0. The van der Waals surface area contributed by atoms with Gasteiger partial charge in [-0.1, -0.05) is 18.2 Å². The van der Waals surface area contributed by atoms with Crippen molar-refractivity contribution >= 4 is 22.6 Å². The molecule has 19 heavy (non-hydrogen) atoms. The Hall–Kier alpha value is -2.14. The van der Waals surface area contributed by atoms with Gasteiger partial charge in [-0.25, -0.2) is 0 Å². The summed E-state index contributed by atoms with van der Waals surface area (Å²) in [4.78, 5) is 28.6. The van der Waals surface area contributed by atoms with Crippen molar-refractivity contribution in [3.8, 4) is 0 Å². The number of carbonyl (C=O) groups is 2. The van der Waals surface area contributed by atoms with E-state index in [4.69, 9.17) is 0 Å². The van der Waals surface area contributed by atoms with Gasteiger partial charge in [0.15, 0.2) is 5.78 Å². The van der Waals surface area contributed by atoms with Gasteiger partial charge in [-0.2, -0.15) is 0 Å². The molecular formula is C14H15N3O2. The van der Waals surface area contributed by atoms with Gasteiger partial charge in [0.1, 0.15) is 0 Å². The van der Waals surface area contributed by atoms with E-state index in [1.165, 1.54) is 0 Å². The van der Waals surface area contributed by atoms with Crippen LogP contribution >= 0.6 is 0 Å². The number of amides is 1. The van der Waals surface area contributed by atoms with Gasteiger partial charge >= 0.3 is 0 Å². The van der Waals surface area contributed by atoms with E-state index < -0.39 is 0 Å². The molecule has 2 N–H and O–H groups in total. The molecule has 5 nitrogen and oxygen atoms in total. The number of piperazine rings is 1. The predicted molar refractivity (Wildman–Crippen MR) is 72.1 cm³/mol. The summed E-state index contributed by atoms with van der Waals surface area (Å²) in [7, 11) is 0. The van der Waals surface area contributed by atoms with Crippen LogP contribution in [0.5, 0.6) is 0 Å². The Morgan fingerprint density at radius 1 is 1.32 bits per heavy atom. The Balaban J connectivity index is 1.78. The van der Waals surface area contributed by atoms with Crippen molar-refractivity contribution < 1.29 is 9.59 Å². The molecule has 0 unspecified atom stereocenters. The van der Waals surface area contributed by atoms with Gasteiger partial charge in [-0.05, 0) is 6.07 Å². The average molecular weight is 257 g/mol. The molecule has 1 aromatic carbocycles. The van der Waals surface area contributed by atoms with Crippen LogP contribution in [0.25, 0.3) is 10.9 Å². The van der Waals surface area contributed by atoms with E-state index in [0.717, 1.165) is 17.4 Å². The van der Waals surface area contributed by atoms with Gasteiger partial charge in [-0.15, -0.1) is 0 Å². The van der Waals surface area contributed by atoms with Crippen LogP contribution < -0.4 is 5.32 Å². The fourth-order valence-corrected chi connectivity index (χ4v) is 2.42. The highest BCUT2D eigenvalue weighted by atomic mass is 16.2. The van der Waals surface area contributed by atoms with Crippen molar-refractivity contribution in [1.82, 2.24) is 15.2 Å². The number of rotatable bonds is 3. The number of aromatic nitrogens is 1. The van der Waals surface area contributed by atoms with Crippen LogP contribution in [0.4, 0.5) is 0 Å². The molecule has 1 amide bonds. The van der Waals surface area contributed by atoms with Gasteiger partial charge in [0, 0.05) is 35.8 Å². The van der Waals surface area contributed by atoms with E-state index in [9.17, 15) is 9.59 Å². The number of nitrogens with one attached hydrogen (secondary N) is 2. The molecule has 2 aromatic rings. The van der Waals surface area contributed by atoms with Crippen LogP contribution in [0.15, 0.2) is 30.5 Å². The van der Waals surface area contributed by atoms with E-state index in [0.29, 0.717) is 18.7 Å². The number of H-pyrrole nitrogens is 1. The van der Waals surface area contributed by atoms with Crippen molar-refractivity contribution in [2.45, 2.75) is 0 Å². The molecule has 1 aromatic heterocycles. The number of aromatic amines is 1. The first-order valence-electron chi connectivity index (χ1n) is 6.32. The quantitative estimate of drug-likeness (QED) is 0.799. The highest BCUT2D eigenvalue weighted by Gasteiger charge is 2.20. The maximum absolute atomic E-state index is 12.3. The minimum absolute atomic E-state index is 0.0158. The van der Waals surface area contributed by atoms with Crippen molar-refractivity contribution in [3.63, 3.8) is 0 Å². The SMILES string of the molecule is O=C1CN(CC(=O)c2c[nH]c3ccccc23)CCN1. The second-order valence-corrected chi connectivity index (χ2v) is 4.73. The summed E-state index contributed by atoms with van der Waals surface area (Å²) in [6.07, 6.45) is 1.75. The zero-order valence-electron chi connectivity index (χ0n) is 10.5. The zero-order valence-corrected chi connectivity index (χ0v) is 10.5. The summed E-state index contributed by atoms with van der Waals surface area (Å²) >= 11 is 0. The van der Waals surface area contributed by atoms with E-state index in [1.54, 1.807) is 6.20 Å². The monoisotopic (exact) mass is 257 g/mol. The van der Waals surface area contributed by atoms with E-state index >= 15 is 0 Å². The third-order valence-electron chi connectivity index (χ3n) is 3.37. The summed E-state index contributed by atoms with van der Waals surface area (Å²) in [6, 6.07) is 7.73. The van der Waals surface area contributed by atoms with Gasteiger partial charge in [0.05, 0.1) is 13.1 Å². The Bertz CT molecular complexity index is 632. The molecule has 0 bridgehead atoms. The first kappa shape index (κ1) is 11.9. The summed E-state index contributed by atoms with van der Waals surface area (Å²) in [5.74, 6) is 0.0325. The minimum atomic E-state index is -0.0158. The van der Waals surface area contributed by atoms with Crippen molar-refractivity contribution in [3.05, 3.63) is 36.0 Å². The fraction of sp³-hybridized carbons (Fsp3) is 0.286. The lowest BCUT2D eigenvalue weighted by Gasteiger charge is -2.25. The highest BCUT2D eigenvalue weighted by molar-refractivity contribution is 6.08. The topological polar surface area (TPSA) is 65.2 Å². The molecule has 1 saturated heterocycles. The van der Waals surface area contributed by atoms with Crippen LogP contribution in [0, 0.1) is 0 Å². The van der Waals surface area contributed by atoms with Crippen LogP contribution in [0.2, 0.25) is 0 Å². The second-order valence-electron chi connectivity index (χ2n) is 4.73. The zero-order chi connectivity index (χ0) is 13.2. The number of fused-ring (bicyclic) bond motifs is 1. The molecule has 0 atom stereocenters. The number of benzene rings is 1. The normalized spacial score (nSPS) is 16.5. The third-order valence-corrected chi connectivity index (χ3v) is 3.37. The summed E-state index contributed by atoms with van der Waals surface area (Å²) in [6.45, 7) is 1.92. The van der Waals surface area contributed by atoms with Gasteiger partial charge in [0.25, 0.3) is 0 Å². The van der Waals surface area contributed by atoms with Crippen LogP contribution in [0.3, 0.4) is 0 Å². The molecule has 5 heteroatoms. The molecule has 0 aliphatic carbocycles. The van der Waals surface area contributed by atoms with E-state index in [2.05, 4.69) is 10.3 Å². The van der Waals surface area contributed by atoms with Crippen molar-refractivity contribution in [2.24, 2.45) is 0 Å².